The number of hydrogen-bond donors (Lipinski definition) is 0. The van der Waals surface area contributed by atoms with Crippen LogP contribution in [0.15, 0.2) is 65.1 Å². The molecular formula is C20H15Br. The third kappa shape index (κ3) is 2.04. The van der Waals surface area contributed by atoms with E-state index < -0.39 is 0 Å². The first kappa shape index (κ1) is 12.8. The molecule has 0 aromatic heterocycles. The summed E-state index contributed by atoms with van der Waals surface area (Å²) in [5.74, 6) is 0.349. The van der Waals surface area contributed by atoms with Crippen LogP contribution in [-0.4, -0.2) is 0 Å². The Bertz CT molecular complexity index is 869. The zero-order chi connectivity index (χ0) is 14.4. The van der Waals surface area contributed by atoms with Gasteiger partial charge in [-0.1, -0.05) is 76.6 Å². The fraction of sp³-hybridized carbons (Fsp3) is 0.100. The molecule has 0 nitrogen and oxygen atoms in total. The number of aryl methyl sites for hydroxylation is 1. The smallest absolute Gasteiger partial charge is 0.0285 e. The predicted molar refractivity (Wildman–Crippen MR) is 93.7 cm³/mol. The molecule has 0 amide bonds. The van der Waals surface area contributed by atoms with Crippen LogP contribution in [0.3, 0.4) is 0 Å². The van der Waals surface area contributed by atoms with Crippen molar-refractivity contribution >= 4 is 32.8 Å². The van der Waals surface area contributed by atoms with Gasteiger partial charge in [0.15, 0.2) is 0 Å². The quantitative estimate of drug-likeness (QED) is 0.506. The molecule has 0 saturated carbocycles. The molecule has 0 N–H and O–H groups in total. The van der Waals surface area contributed by atoms with E-state index in [-0.39, 0.29) is 0 Å². The van der Waals surface area contributed by atoms with Gasteiger partial charge >= 0.3 is 0 Å². The van der Waals surface area contributed by atoms with Crippen LogP contribution in [0, 0.1) is 6.92 Å². The van der Waals surface area contributed by atoms with Crippen molar-refractivity contribution < 1.29 is 0 Å². The van der Waals surface area contributed by atoms with Crippen molar-refractivity contribution in [1.82, 2.24) is 0 Å². The lowest BCUT2D eigenvalue weighted by molar-refractivity contribution is 1.06. The molecule has 21 heavy (non-hydrogen) atoms. The van der Waals surface area contributed by atoms with E-state index in [2.05, 4.69) is 89.6 Å². The molecule has 1 heteroatoms. The van der Waals surface area contributed by atoms with Gasteiger partial charge in [-0.05, 0) is 46.0 Å². The van der Waals surface area contributed by atoms with E-state index >= 15 is 0 Å². The van der Waals surface area contributed by atoms with E-state index in [1.54, 1.807) is 0 Å². The van der Waals surface area contributed by atoms with Crippen molar-refractivity contribution in [3.8, 4) is 0 Å². The Labute approximate surface area is 133 Å². The van der Waals surface area contributed by atoms with E-state index in [1.165, 1.54) is 37.5 Å². The summed E-state index contributed by atoms with van der Waals surface area (Å²) in [5.41, 5.74) is 5.41. The molecule has 0 saturated heterocycles. The lowest BCUT2D eigenvalue weighted by Crippen LogP contribution is -1.98. The summed E-state index contributed by atoms with van der Waals surface area (Å²) < 4.78 is 1.19. The average Bonchev–Trinajstić information content (AvgIpc) is 2.90. The van der Waals surface area contributed by atoms with Crippen molar-refractivity contribution in [1.29, 1.82) is 0 Å². The van der Waals surface area contributed by atoms with Gasteiger partial charge in [-0.2, -0.15) is 0 Å². The van der Waals surface area contributed by atoms with E-state index in [1.807, 2.05) is 0 Å². The zero-order valence-electron chi connectivity index (χ0n) is 11.8. The SMILES string of the molecule is Cc1cc(Br)c2c(c1)C(c1cccc3ccccc13)C=C2. The van der Waals surface area contributed by atoms with Gasteiger partial charge in [-0.15, -0.1) is 0 Å². The Morgan fingerprint density at radius 1 is 0.905 bits per heavy atom. The molecule has 102 valence electrons. The van der Waals surface area contributed by atoms with Crippen LogP contribution < -0.4 is 0 Å². The Kier molecular flexibility index (Phi) is 2.97. The number of fused-ring (bicyclic) bond motifs is 2. The van der Waals surface area contributed by atoms with Crippen LogP contribution in [0.4, 0.5) is 0 Å². The maximum atomic E-state index is 3.70. The van der Waals surface area contributed by atoms with Crippen LogP contribution >= 0.6 is 15.9 Å². The fourth-order valence-electron chi connectivity index (χ4n) is 3.30. The lowest BCUT2D eigenvalue weighted by atomic mass is 9.89. The molecule has 4 rings (SSSR count). The lowest BCUT2D eigenvalue weighted by Gasteiger charge is -2.16. The second kappa shape index (κ2) is 4.85. The Balaban J connectivity index is 1.96. The van der Waals surface area contributed by atoms with Gasteiger partial charge in [0.25, 0.3) is 0 Å². The van der Waals surface area contributed by atoms with E-state index in [0.29, 0.717) is 5.92 Å². The van der Waals surface area contributed by atoms with Gasteiger partial charge < -0.3 is 0 Å². The summed E-state index contributed by atoms with van der Waals surface area (Å²) in [4.78, 5) is 0. The minimum atomic E-state index is 0.349. The number of allylic oxidation sites excluding steroid dienone is 1. The average molecular weight is 335 g/mol. The molecule has 0 fully saturated rings. The van der Waals surface area contributed by atoms with Gasteiger partial charge in [-0.3, -0.25) is 0 Å². The molecule has 1 unspecified atom stereocenters. The minimum Gasteiger partial charge on any atom is -0.0720 e. The Hall–Kier alpha value is -1.86. The molecule has 0 radical (unpaired) electrons. The van der Waals surface area contributed by atoms with Crippen LogP contribution in [0.1, 0.15) is 28.2 Å². The van der Waals surface area contributed by atoms with Crippen molar-refractivity contribution in [2.75, 3.05) is 0 Å². The van der Waals surface area contributed by atoms with Crippen LogP contribution in [0.5, 0.6) is 0 Å². The molecule has 1 atom stereocenters. The molecule has 1 aliphatic rings. The zero-order valence-corrected chi connectivity index (χ0v) is 13.4. The summed E-state index contributed by atoms with van der Waals surface area (Å²) in [6, 6.07) is 19.7. The first-order valence-electron chi connectivity index (χ1n) is 7.20. The van der Waals surface area contributed by atoms with Crippen molar-refractivity contribution in [2.45, 2.75) is 12.8 Å². The van der Waals surface area contributed by atoms with Gasteiger partial charge in [-0.25, -0.2) is 0 Å². The number of benzene rings is 3. The summed E-state index contributed by atoms with van der Waals surface area (Å²) in [6.07, 6.45) is 4.56. The summed E-state index contributed by atoms with van der Waals surface area (Å²) >= 11 is 3.70. The third-order valence-corrected chi connectivity index (χ3v) is 4.91. The molecule has 3 aromatic carbocycles. The molecule has 0 aliphatic heterocycles. The highest BCUT2D eigenvalue weighted by atomic mass is 79.9. The van der Waals surface area contributed by atoms with Crippen LogP contribution in [0.25, 0.3) is 16.8 Å². The van der Waals surface area contributed by atoms with Gasteiger partial charge in [0.1, 0.15) is 0 Å². The van der Waals surface area contributed by atoms with Gasteiger partial charge in [0.05, 0.1) is 0 Å². The predicted octanol–water partition coefficient (Wildman–Crippen LogP) is 6.07. The summed E-state index contributed by atoms with van der Waals surface area (Å²) in [5, 5.41) is 2.66. The standard InChI is InChI=1S/C20H15Br/c1-13-11-19-17(9-10-18(19)20(21)12-13)16-8-4-6-14-5-2-3-7-15(14)16/h2-12,17H,1H3. The van der Waals surface area contributed by atoms with E-state index in [0.717, 1.165) is 0 Å². The highest BCUT2D eigenvalue weighted by molar-refractivity contribution is 9.10. The van der Waals surface area contributed by atoms with Crippen LogP contribution in [0.2, 0.25) is 0 Å². The first-order chi connectivity index (χ1) is 10.2. The number of hydrogen-bond acceptors (Lipinski definition) is 0. The van der Waals surface area contributed by atoms with Crippen molar-refractivity contribution in [3.63, 3.8) is 0 Å². The molecule has 1 aliphatic carbocycles. The summed E-state index contributed by atoms with van der Waals surface area (Å²) in [7, 11) is 0. The molecule has 0 bridgehead atoms. The second-order valence-corrected chi connectivity index (χ2v) is 6.51. The molecule has 0 heterocycles. The molecule has 3 aromatic rings. The minimum absolute atomic E-state index is 0.349. The monoisotopic (exact) mass is 334 g/mol. The number of halogens is 1. The highest BCUT2D eigenvalue weighted by Crippen LogP contribution is 2.41. The maximum absolute atomic E-state index is 3.70. The summed E-state index contributed by atoms with van der Waals surface area (Å²) in [6.45, 7) is 2.16. The third-order valence-electron chi connectivity index (χ3n) is 4.25. The fourth-order valence-corrected chi connectivity index (χ4v) is 4.02. The van der Waals surface area contributed by atoms with Gasteiger partial charge in [0.2, 0.25) is 0 Å². The first-order valence-corrected chi connectivity index (χ1v) is 7.99. The Morgan fingerprint density at radius 3 is 2.62 bits per heavy atom. The Morgan fingerprint density at radius 2 is 1.71 bits per heavy atom. The topological polar surface area (TPSA) is 0 Å². The van der Waals surface area contributed by atoms with E-state index in [4.69, 9.17) is 0 Å². The second-order valence-electron chi connectivity index (χ2n) is 5.65. The molecular weight excluding hydrogens is 320 g/mol. The number of rotatable bonds is 1. The normalized spacial score (nSPS) is 16.4. The van der Waals surface area contributed by atoms with E-state index in [9.17, 15) is 0 Å². The van der Waals surface area contributed by atoms with Crippen molar-refractivity contribution in [2.24, 2.45) is 0 Å². The van der Waals surface area contributed by atoms with Crippen molar-refractivity contribution in [3.05, 3.63) is 87.4 Å². The van der Waals surface area contributed by atoms with Crippen LogP contribution in [-0.2, 0) is 0 Å². The molecule has 0 spiro atoms. The highest BCUT2D eigenvalue weighted by Gasteiger charge is 2.22. The maximum Gasteiger partial charge on any atom is 0.0285 e. The largest absolute Gasteiger partial charge is 0.0720 e. The van der Waals surface area contributed by atoms with Gasteiger partial charge in [0, 0.05) is 10.4 Å².